The fraction of sp³-hybridized carbons (Fsp3) is 0.682. The molecule has 2 aliphatic rings. The first-order chi connectivity index (χ1) is 14.7. The lowest BCUT2D eigenvalue weighted by molar-refractivity contribution is 0.0113. The number of anilines is 1. The van der Waals surface area contributed by atoms with Crippen molar-refractivity contribution in [3.8, 4) is 17.2 Å². The summed E-state index contributed by atoms with van der Waals surface area (Å²) in [4.78, 5) is 9.26. The first-order valence-corrected chi connectivity index (χ1v) is 11.1. The quantitative estimate of drug-likeness (QED) is 0.730. The third kappa shape index (κ3) is 5.10. The van der Waals surface area contributed by atoms with E-state index in [0.717, 1.165) is 69.2 Å². The molecule has 0 aliphatic carbocycles. The highest BCUT2D eigenvalue weighted by Gasteiger charge is 2.28. The lowest BCUT2D eigenvalue weighted by atomic mass is 10.0. The first kappa shape index (κ1) is 22.5. The van der Waals surface area contributed by atoms with Gasteiger partial charge in [-0.1, -0.05) is 32.8 Å². The minimum atomic E-state index is 0.287. The normalized spacial score (nSPS) is 18.3. The Morgan fingerprint density at radius 3 is 2.40 bits per heavy atom. The molecule has 2 aromatic rings. The van der Waals surface area contributed by atoms with Crippen LogP contribution >= 0.6 is 0 Å². The van der Waals surface area contributed by atoms with Crippen molar-refractivity contribution in [3.05, 3.63) is 18.0 Å². The maximum Gasteiger partial charge on any atom is 0.318 e. The summed E-state index contributed by atoms with van der Waals surface area (Å²) in [5.41, 5.74) is 1.71. The summed E-state index contributed by atoms with van der Waals surface area (Å²) < 4.78 is 16.9. The van der Waals surface area contributed by atoms with Crippen molar-refractivity contribution in [2.24, 2.45) is 0 Å². The molecule has 30 heavy (non-hydrogen) atoms. The molecule has 0 N–H and O–H groups in total. The number of rotatable bonds is 5. The van der Waals surface area contributed by atoms with Crippen LogP contribution in [0.4, 0.5) is 6.01 Å². The lowest BCUT2D eigenvalue weighted by Crippen LogP contribution is -2.49. The van der Waals surface area contributed by atoms with E-state index in [1.165, 1.54) is 0 Å². The molecule has 0 bridgehead atoms. The molecule has 8 heteroatoms. The fourth-order valence-electron chi connectivity index (χ4n) is 3.99. The van der Waals surface area contributed by atoms with Crippen molar-refractivity contribution in [2.45, 2.75) is 52.5 Å². The van der Waals surface area contributed by atoms with E-state index in [4.69, 9.17) is 13.9 Å². The van der Waals surface area contributed by atoms with Gasteiger partial charge in [0, 0.05) is 38.4 Å². The minimum absolute atomic E-state index is 0.287. The van der Waals surface area contributed by atoms with Gasteiger partial charge in [-0.2, -0.15) is 0 Å². The van der Waals surface area contributed by atoms with Gasteiger partial charge in [0.1, 0.15) is 5.75 Å². The number of pyridine rings is 1. The highest BCUT2D eigenvalue weighted by molar-refractivity contribution is 5.56. The van der Waals surface area contributed by atoms with Crippen LogP contribution in [0.3, 0.4) is 0 Å². The molecule has 8 nitrogen and oxygen atoms in total. The van der Waals surface area contributed by atoms with Gasteiger partial charge in [0.2, 0.25) is 0 Å². The van der Waals surface area contributed by atoms with E-state index in [0.29, 0.717) is 17.9 Å². The minimum Gasteiger partial charge on any atom is -0.495 e. The largest absolute Gasteiger partial charge is 0.495 e. The maximum absolute atomic E-state index is 5.96. The van der Waals surface area contributed by atoms with Crippen LogP contribution in [-0.4, -0.2) is 72.6 Å². The smallest absolute Gasteiger partial charge is 0.318 e. The molecule has 0 radical (unpaired) electrons. The SMILES string of the molecule is CC.COc1cc(-c2nnc(N3CCC(N4CCOCC4)CC3)o2)cnc1C(C)C. The monoisotopic (exact) mass is 417 g/mol. The van der Waals surface area contributed by atoms with Crippen molar-refractivity contribution in [2.75, 3.05) is 51.4 Å². The van der Waals surface area contributed by atoms with Crippen molar-refractivity contribution in [3.63, 3.8) is 0 Å². The van der Waals surface area contributed by atoms with Crippen LogP contribution in [0.1, 0.15) is 52.1 Å². The van der Waals surface area contributed by atoms with E-state index in [2.05, 4.69) is 38.8 Å². The second kappa shape index (κ2) is 10.7. The molecule has 2 fully saturated rings. The molecule has 2 saturated heterocycles. The number of piperidine rings is 1. The summed E-state index contributed by atoms with van der Waals surface area (Å²) in [6.07, 6.45) is 3.99. The highest BCUT2D eigenvalue weighted by atomic mass is 16.5. The van der Waals surface area contributed by atoms with Crippen LogP contribution in [0.25, 0.3) is 11.5 Å². The Balaban J connectivity index is 0.00000124. The molecule has 0 amide bonds. The molecule has 0 aromatic carbocycles. The van der Waals surface area contributed by atoms with Crippen LogP contribution in [0.2, 0.25) is 0 Å². The third-order valence-electron chi connectivity index (χ3n) is 5.61. The van der Waals surface area contributed by atoms with E-state index in [-0.39, 0.29) is 5.92 Å². The Morgan fingerprint density at radius 2 is 1.77 bits per heavy atom. The number of hydrogen-bond acceptors (Lipinski definition) is 8. The van der Waals surface area contributed by atoms with Gasteiger partial charge in [-0.05, 0) is 24.8 Å². The summed E-state index contributed by atoms with van der Waals surface area (Å²) in [7, 11) is 1.66. The van der Waals surface area contributed by atoms with E-state index < -0.39 is 0 Å². The zero-order valence-corrected chi connectivity index (χ0v) is 18.9. The molecule has 4 rings (SSSR count). The van der Waals surface area contributed by atoms with Gasteiger partial charge < -0.3 is 18.8 Å². The van der Waals surface area contributed by atoms with Crippen molar-refractivity contribution >= 4 is 6.01 Å². The standard InChI is InChI=1S/C20H29N5O3.C2H6/c1-14(2)18-17(26-3)12-15(13-21-18)19-22-23-20(28-19)25-6-4-16(5-7-25)24-8-10-27-11-9-24;1-2/h12-14,16H,4-11H2,1-3H3;1-2H3. The third-order valence-corrected chi connectivity index (χ3v) is 5.61. The van der Waals surface area contributed by atoms with Crippen LogP contribution in [-0.2, 0) is 4.74 Å². The average Bonchev–Trinajstić information content (AvgIpc) is 3.31. The molecule has 0 saturated carbocycles. The predicted octanol–water partition coefficient (Wildman–Crippen LogP) is 3.59. The van der Waals surface area contributed by atoms with Gasteiger partial charge >= 0.3 is 6.01 Å². The molecule has 2 aromatic heterocycles. The fourth-order valence-corrected chi connectivity index (χ4v) is 3.99. The molecule has 4 heterocycles. The second-order valence-corrected chi connectivity index (χ2v) is 7.72. The Labute approximate surface area is 179 Å². The van der Waals surface area contributed by atoms with Crippen LogP contribution in [0.15, 0.2) is 16.7 Å². The van der Waals surface area contributed by atoms with Crippen molar-refractivity contribution in [1.29, 1.82) is 0 Å². The van der Waals surface area contributed by atoms with Gasteiger partial charge in [0.15, 0.2) is 0 Å². The number of methoxy groups -OCH3 is 1. The molecule has 0 atom stereocenters. The Kier molecular flexibility index (Phi) is 8.04. The molecule has 0 spiro atoms. The number of ether oxygens (including phenoxy) is 2. The zero-order chi connectivity index (χ0) is 21.5. The van der Waals surface area contributed by atoms with Gasteiger partial charge in [-0.25, -0.2) is 0 Å². The summed E-state index contributed by atoms with van der Waals surface area (Å²) in [6.45, 7) is 13.8. The maximum atomic E-state index is 5.96. The number of nitrogens with zero attached hydrogens (tertiary/aromatic N) is 5. The van der Waals surface area contributed by atoms with Crippen LogP contribution < -0.4 is 9.64 Å². The van der Waals surface area contributed by atoms with Gasteiger partial charge in [-0.15, -0.1) is 5.10 Å². The Hall–Kier alpha value is -2.19. The Bertz CT molecular complexity index is 781. The van der Waals surface area contributed by atoms with Crippen LogP contribution in [0, 0.1) is 0 Å². The van der Waals surface area contributed by atoms with E-state index in [1.54, 1.807) is 13.3 Å². The van der Waals surface area contributed by atoms with Crippen LogP contribution in [0.5, 0.6) is 5.75 Å². The van der Waals surface area contributed by atoms with Crippen molar-refractivity contribution in [1.82, 2.24) is 20.1 Å². The lowest BCUT2D eigenvalue weighted by Gasteiger charge is -2.39. The topological polar surface area (TPSA) is 76.8 Å². The van der Waals surface area contributed by atoms with Gasteiger partial charge in [0.25, 0.3) is 5.89 Å². The van der Waals surface area contributed by atoms with E-state index in [1.807, 2.05) is 19.9 Å². The summed E-state index contributed by atoms with van der Waals surface area (Å²) in [5, 5.41) is 8.51. The molecule has 2 aliphatic heterocycles. The number of aromatic nitrogens is 3. The van der Waals surface area contributed by atoms with Crippen molar-refractivity contribution < 1.29 is 13.9 Å². The summed E-state index contributed by atoms with van der Waals surface area (Å²) in [6, 6.07) is 3.13. The van der Waals surface area contributed by atoms with Gasteiger partial charge in [-0.3, -0.25) is 9.88 Å². The van der Waals surface area contributed by atoms with Gasteiger partial charge in [0.05, 0.1) is 31.6 Å². The highest BCUT2D eigenvalue weighted by Crippen LogP contribution is 2.30. The molecule has 166 valence electrons. The molecular formula is C22H35N5O3. The average molecular weight is 418 g/mol. The van der Waals surface area contributed by atoms with E-state index >= 15 is 0 Å². The first-order valence-electron chi connectivity index (χ1n) is 11.1. The predicted molar refractivity (Wildman–Crippen MR) is 117 cm³/mol. The summed E-state index contributed by atoms with van der Waals surface area (Å²) in [5.74, 6) is 1.51. The number of hydrogen-bond donors (Lipinski definition) is 0. The Morgan fingerprint density at radius 1 is 1.07 bits per heavy atom. The molecule has 0 unspecified atom stereocenters. The molecular weight excluding hydrogens is 382 g/mol. The summed E-state index contributed by atoms with van der Waals surface area (Å²) >= 11 is 0. The van der Waals surface area contributed by atoms with E-state index in [9.17, 15) is 0 Å². The number of morpholine rings is 1. The second-order valence-electron chi connectivity index (χ2n) is 7.72. The zero-order valence-electron chi connectivity index (χ0n) is 18.9.